The van der Waals surface area contributed by atoms with Gasteiger partial charge in [0.15, 0.2) is 5.82 Å². The van der Waals surface area contributed by atoms with E-state index in [2.05, 4.69) is 19.7 Å². The number of fused-ring (bicyclic) bond motifs is 1. The molecule has 0 saturated heterocycles. The lowest BCUT2D eigenvalue weighted by Crippen LogP contribution is -2.19. The van der Waals surface area contributed by atoms with Gasteiger partial charge in [-0.1, -0.05) is 12.1 Å². The van der Waals surface area contributed by atoms with Gasteiger partial charge >= 0.3 is 6.61 Å². The van der Waals surface area contributed by atoms with Gasteiger partial charge in [-0.3, -0.25) is 0 Å². The molecule has 0 spiro atoms. The van der Waals surface area contributed by atoms with Gasteiger partial charge in [-0.25, -0.2) is 19.3 Å². The summed E-state index contributed by atoms with van der Waals surface area (Å²) in [5.41, 5.74) is 2.79. The molecule has 0 radical (unpaired) electrons. The summed E-state index contributed by atoms with van der Waals surface area (Å²) in [6.45, 7) is 6.05. The molecule has 2 heterocycles. The first-order valence-electron chi connectivity index (χ1n) is 10.6. The minimum Gasteiger partial charge on any atom is -0.434 e. The van der Waals surface area contributed by atoms with E-state index in [-0.39, 0.29) is 17.9 Å². The second kappa shape index (κ2) is 10.2. The zero-order valence-corrected chi connectivity index (χ0v) is 19.7. The molecular formula is C25H27F3N4O2. The van der Waals surface area contributed by atoms with Crippen LogP contribution in [-0.4, -0.2) is 31.2 Å². The molecule has 9 heteroatoms. The summed E-state index contributed by atoms with van der Waals surface area (Å²) >= 11 is 0. The molecule has 180 valence electrons. The van der Waals surface area contributed by atoms with E-state index in [0.717, 1.165) is 22.2 Å². The number of aliphatic hydroxyl groups is 1. The normalized spacial score (nSPS) is 11.5. The summed E-state index contributed by atoms with van der Waals surface area (Å²) in [4.78, 5) is 12.4. The van der Waals surface area contributed by atoms with Crippen LogP contribution in [-0.2, 0) is 12.1 Å². The number of nitrogens with zero attached hydrogens (tertiary/aromatic N) is 4. The number of alkyl halides is 2. The van der Waals surface area contributed by atoms with Crippen molar-refractivity contribution in [1.82, 2.24) is 19.5 Å². The number of ether oxygens (including phenoxy) is 1. The fraction of sp³-hybridized carbons (Fsp3) is 0.320. The van der Waals surface area contributed by atoms with E-state index >= 15 is 0 Å². The molecule has 6 nitrogen and oxygen atoms in total. The highest BCUT2D eigenvalue weighted by Gasteiger charge is 2.19. The molecule has 4 rings (SSSR count). The number of hydrogen-bond donors (Lipinski definition) is 1. The third kappa shape index (κ3) is 6.11. The molecule has 4 aromatic rings. The van der Waals surface area contributed by atoms with E-state index in [4.69, 9.17) is 0 Å². The average molecular weight is 473 g/mol. The highest BCUT2D eigenvalue weighted by Crippen LogP contribution is 2.27. The third-order valence-corrected chi connectivity index (χ3v) is 5.03. The molecule has 0 atom stereocenters. The lowest BCUT2D eigenvalue weighted by atomic mass is 10.1. The molecular weight excluding hydrogens is 445 g/mol. The highest BCUT2D eigenvalue weighted by atomic mass is 19.3. The maximum atomic E-state index is 14.1. The van der Waals surface area contributed by atoms with Crippen molar-refractivity contribution >= 4 is 11.0 Å². The van der Waals surface area contributed by atoms with Gasteiger partial charge in [0.25, 0.3) is 0 Å². The summed E-state index contributed by atoms with van der Waals surface area (Å²) in [7, 11) is 0. The Morgan fingerprint density at radius 3 is 2.32 bits per heavy atom. The van der Waals surface area contributed by atoms with Crippen LogP contribution in [0.25, 0.3) is 11.0 Å². The zero-order chi connectivity index (χ0) is 25.0. The molecule has 1 N–H and O–H groups in total. The van der Waals surface area contributed by atoms with Gasteiger partial charge in [0.05, 0.1) is 17.6 Å². The van der Waals surface area contributed by atoms with Crippen LogP contribution < -0.4 is 4.74 Å². The van der Waals surface area contributed by atoms with Gasteiger partial charge in [0, 0.05) is 18.0 Å². The first-order chi connectivity index (χ1) is 16.0. The van der Waals surface area contributed by atoms with Gasteiger partial charge in [0.1, 0.15) is 23.0 Å². The van der Waals surface area contributed by atoms with Crippen molar-refractivity contribution in [3.63, 3.8) is 0 Å². The molecule has 0 fully saturated rings. The highest BCUT2D eigenvalue weighted by molar-refractivity contribution is 5.77. The van der Waals surface area contributed by atoms with Gasteiger partial charge in [-0.15, -0.1) is 0 Å². The van der Waals surface area contributed by atoms with Gasteiger partial charge in [-0.2, -0.15) is 8.78 Å². The Kier molecular flexibility index (Phi) is 7.56. The van der Waals surface area contributed by atoms with Crippen LogP contribution in [0.1, 0.15) is 42.2 Å². The second-order valence-electron chi connectivity index (χ2n) is 8.48. The van der Waals surface area contributed by atoms with Gasteiger partial charge in [0.2, 0.25) is 0 Å². The van der Waals surface area contributed by atoms with E-state index in [1.54, 1.807) is 37.7 Å². The topological polar surface area (TPSA) is 73.1 Å². The minimum absolute atomic E-state index is 0.0700. The monoisotopic (exact) mass is 472 g/mol. The van der Waals surface area contributed by atoms with Crippen LogP contribution >= 0.6 is 0 Å². The zero-order valence-electron chi connectivity index (χ0n) is 19.7. The number of hydrogen-bond acceptors (Lipinski definition) is 5. The van der Waals surface area contributed by atoms with Crippen molar-refractivity contribution in [2.24, 2.45) is 0 Å². The standard InChI is InChI=1S/C17H15F3N2O.C8H12N2O/c1-10-6-7-14-15(8-10)22(11(2)21-14)9-12-13(18)4-3-5-16(12)23-17(19)20;1-6-4-9-7(10-5-6)8(2,3)11/h3-8,17H,9H2,1-2H3;4-5,11H,1-3H3. The summed E-state index contributed by atoms with van der Waals surface area (Å²) in [5, 5.41) is 9.45. The molecule has 2 aromatic heterocycles. The number of halogens is 3. The van der Waals surface area contributed by atoms with E-state index in [1.165, 1.54) is 18.2 Å². The van der Waals surface area contributed by atoms with E-state index in [9.17, 15) is 18.3 Å². The van der Waals surface area contributed by atoms with Crippen LogP contribution in [0.15, 0.2) is 48.8 Å². The smallest absolute Gasteiger partial charge is 0.387 e. The van der Waals surface area contributed by atoms with Crippen molar-refractivity contribution < 1.29 is 23.0 Å². The Labute approximate surface area is 196 Å². The van der Waals surface area contributed by atoms with Crippen LogP contribution in [0.2, 0.25) is 0 Å². The first kappa shape index (κ1) is 25.2. The Hall–Kier alpha value is -3.46. The lowest BCUT2D eigenvalue weighted by Gasteiger charge is -2.14. The number of aryl methyl sites for hydroxylation is 3. The maximum Gasteiger partial charge on any atom is 0.387 e. The molecule has 0 unspecified atom stereocenters. The Morgan fingerprint density at radius 2 is 1.71 bits per heavy atom. The van der Waals surface area contributed by atoms with Crippen molar-refractivity contribution in [2.75, 3.05) is 0 Å². The van der Waals surface area contributed by atoms with Gasteiger partial charge in [-0.05, 0) is 70.0 Å². The van der Waals surface area contributed by atoms with E-state index in [1.807, 2.05) is 32.0 Å². The predicted octanol–water partition coefficient (Wildman–Crippen LogP) is 5.45. The fourth-order valence-electron chi connectivity index (χ4n) is 3.32. The molecule has 0 aliphatic carbocycles. The van der Waals surface area contributed by atoms with E-state index in [0.29, 0.717) is 11.6 Å². The minimum atomic E-state index is -3.00. The van der Waals surface area contributed by atoms with Crippen LogP contribution in [0.4, 0.5) is 13.2 Å². The molecule has 0 amide bonds. The molecule has 0 aliphatic heterocycles. The molecule has 2 aromatic carbocycles. The Morgan fingerprint density at radius 1 is 1.03 bits per heavy atom. The summed E-state index contributed by atoms with van der Waals surface area (Å²) in [5.74, 6) is 0.394. The molecule has 34 heavy (non-hydrogen) atoms. The predicted molar refractivity (Wildman–Crippen MR) is 123 cm³/mol. The van der Waals surface area contributed by atoms with Crippen molar-refractivity contribution in [1.29, 1.82) is 0 Å². The lowest BCUT2D eigenvalue weighted by molar-refractivity contribution is -0.0506. The maximum absolute atomic E-state index is 14.1. The van der Waals surface area contributed by atoms with E-state index < -0.39 is 18.0 Å². The fourth-order valence-corrected chi connectivity index (χ4v) is 3.32. The number of aromatic nitrogens is 4. The quantitative estimate of drug-likeness (QED) is 0.418. The Bertz CT molecular complexity index is 1270. The summed E-state index contributed by atoms with van der Waals surface area (Å²) in [6, 6.07) is 9.67. The number of imidazole rings is 1. The van der Waals surface area contributed by atoms with Crippen LogP contribution in [0.5, 0.6) is 5.75 Å². The van der Waals surface area contributed by atoms with Gasteiger partial charge < -0.3 is 14.4 Å². The van der Waals surface area contributed by atoms with Crippen LogP contribution in [0, 0.1) is 26.6 Å². The van der Waals surface area contributed by atoms with Crippen molar-refractivity contribution in [3.8, 4) is 5.75 Å². The molecule has 0 saturated carbocycles. The summed E-state index contributed by atoms with van der Waals surface area (Å²) < 4.78 is 45.4. The molecule has 0 bridgehead atoms. The van der Waals surface area contributed by atoms with Crippen LogP contribution in [0.3, 0.4) is 0 Å². The second-order valence-corrected chi connectivity index (χ2v) is 8.48. The molecule has 0 aliphatic rings. The first-order valence-corrected chi connectivity index (χ1v) is 10.6. The summed E-state index contributed by atoms with van der Waals surface area (Å²) in [6.07, 6.45) is 3.39. The number of benzene rings is 2. The van der Waals surface area contributed by atoms with Crippen molar-refractivity contribution in [3.05, 3.63) is 82.9 Å². The largest absolute Gasteiger partial charge is 0.434 e. The third-order valence-electron chi connectivity index (χ3n) is 5.03. The Balaban J connectivity index is 0.000000248. The number of rotatable bonds is 5. The van der Waals surface area contributed by atoms with Crippen molar-refractivity contribution in [2.45, 2.75) is 53.4 Å². The SMILES string of the molecule is Cc1ccc2nc(C)n(Cc3c(F)cccc3OC(F)F)c2c1.Cc1cnc(C(C)(C)O)nc1. The average Bonchev–Trinajstić information content (AvgIpc) is 3.04.